The summed E-state index contributed by atoms with van der Waals surface area (Å²) in [6, 6.07) is 0. The van der Waals surface area contributed by atoms with Crippen molar-refractivity contribution in [2.24, 2.45) is 90.7 Å². The zero-order valence-corrected chi connectivity index (χ0v) is 40.8. The Balaban J connectivity index is 0.000000108. The van der Waals surface area contributed by atoms with Gasteiger partial charge in [-0.05, 0) is 112 Å². The summed E-state index contributed by atoms with van der Waals surface area (Å²) in [5, 5.41) is 41.8. The van der Waals surface area contributed by atoms with Crippen LogP contribution in [0.25, 0.3) is 0 Å². The van der Waals surface area contributed by atoms with Gasteiger partial charge in [0.2, 0.25) is 0 Å². The van der Waals surface area contributed by atoms with E-state index in [1.54, 1.807) is 0 Å². The molecule has 360 valence electrons. The number of hydrogen-bond acceptors (Lipinski definition) is 12. The molecule has 16 fully saturated rings. The highest BCUT2D eigenvalue weighted by Crippen LogP contribution is 2.70. The molecule has 0 spiro atoms. The van der Waals surface area contributed by atoms with E-state index in [1.165, 1.54) is 0 Å². The Morgan fingerprint density at radius 2 is 0.703 bits per heavy atom. The number of fused-ring (bicyclic) bond motifs is 4. The summed E-state index contributed by atoms with van der Waals surface area (Å²) in [5.41, 5.74) is -0.752. The summed E-state index contributed by atoms with van der Waals surface area (Å²) in [4.78, 5) is 47.5. The number of ether oxygens (including phenoxy) is 4. The molecule has 0 aromatic rings. The quantitative estimate of drug-likeness (QED) is 0.169. The van der Waals surface area contributed by atoms with Gasteiger partial charge in [0.1, 0.15) is 24.4 Å². The maximum Gasteiger partial charge on any atom is 0.310 e. The number of carbonyl (C=O) groups is 4. The lowest BCUT2D eigenvalue weighted by atomic mass is 9.45. The molecule has 64 heavy (non-hydrogen) atoms. The lowest BCUT2D eigenvalue weighted by Crippen LogP contribution is -2.62. The molecule has 20 atom stereocenters. The topological polar surface area (TPSA) is 186 Å². The number of carbonyl (C=O) groups excluding carboxylic acids is 4. The van der Waals surface area contributed by atoms with Crippen LogP contribution in [-0.2, 0) is 38.1 Å². The summed E-state index contributed by atoms with van der Waals surface area (Å²) in [6.45, 7) is 25.7. The van der Waals surface area contributed by atoms with Crippen LogP contribution < -0.4 is 0 Å². The van der Waals surface area contributed by atoms with E-state index in [2.05, 4.69) is 83.1 Å². The SMILES string of the molecule is CC(C)C12CCC3(C)C(C1)C(=O)OC3C2O.CC(C)C12CCC3(C)C(C1)C(=O)OC3C2O.CC(C)C12CCC3(C)CC1C(=O)OC2C3O.CC(C)C12CCC3(C)CC1C(=O)OC2C3O. The molecular formula is C52H80O12. The molecular weight excluding hydrogens is 817 g/mol. The van der Waals surface area contributed by atoms with Gasteiger partial charge in [-0.15, -0.1) is 0 Å². The Hall–Kier alpha value is -2.28. The molecule has 20 unspecified atom stereocenters. The van der Waals surface area contributed by atoms with Gasteiger partial charge in [0.05, 0.1) is 48.1 Å². The third-order valence-corrected chi connectivity index (χ3v) is 22.6. The van der Waals surface area contributed by atoms with E-state index in [9.17, 15) is 39.6 Å². The van der Waals surface area contributed by atoms with Crippen LogP contribution in [0.3, 0.4) is 0 Å². The van der Waals surface area contributed by atoms with Crippen LogP contribution in [0.4, 0.5) is 0 Å². The smallest absolute Gasteiger partial charge is 0.310 e. The number of hydrogen-bond donors (Lipinski definition) is 4. The molecule has 4 aliphatic heterocycles. The highest BCUT2D eigenvalue weighted by atomic mass is 16.6. The first kappa shape index (κ1) is 46.8. The molecule has 4 N–H and O–H groups in total. The van der Waals surface area contributed by atoms with E-state index in [0.717, 1.165) is 77.0 Å². The van der Waals surface area contributed by atoms with Gasteiger partial charge in [0.25, 0.3) is 0 Å². The van der Waals surface area contributed by atoms with E-state index in [-0.39, 0.29) is 115 Å². The van der Waals surface area contributed by atoms with E-state index < -0.39 is 24.4 Å². The summed E-state index contributed by atoms with van der Waals surface area (Å²) in [6.07, 6.45) is 8.58. The van der Waals surface area contributed by atoms with Gasteiger partial charge >= 0.3 is 23.9 Å². The first-order chi connectivity index (χ1) is 29.7. The number of rotatable bonds is 4. The molecule has 0 aromatic heterocycles. The van der Waals surface area contributed by atoms with Crippen molar-refractivity contribution in [1.82, 2.24) is 0 Å². The Kier molecular flexibility index (Phi) is 10.7. The van der Waals surface area contributed by atoms with Crippen LogP contribution >= 0.6 is 0 Å². The van der Waals surface area contributed by atoms with Crippen molar-refractivity contribution in [3.05, 3.63) is 0 Å². The standard InChI is InChI=1S/4C13H20O3/c2*1-7(2)13-5-4-12(3)8(6-13)11(15)16-10(12)9(13)14;2*1-7(2)13-5-4-12(3)6-8(13)11(15)16-10(13)9(12)14/h4*7-10,14H,4-6H2,1-3H3. The number of aliphatic hydroxyl groups excluding tert-OH is 4. The van der Waals surface area contributed by atoms with Crippen molar-refractivity contribution >= 4 is 23.9 Å². The maximum atomic E-state index is 11.9. The minimum Gasteiger partial charge on any atom is -0.459 e. The predicted molar refractivity (Wildman–Crippen MR) is 234 cm³/mol. The minimum atomic E-state index is -0.466. The van der Waals surface area contributed by atoms with Crippen LogP contribution in [0.1, 0.15) is 160 Å². The molecule has 4 heterocycles. The van der Waals surface area contributed by atoms with Crippen LogP contribution in [-0.4, -0.2) is 93.1 Å². The summed E-state index contributed by atoms with van der Waals surface area (Å²) < 4.78 is 21.8. The molecule has 0 radical (unpaired) electrons. The Bertz CT molecular complexity index is 1810. The second kappa shape index (κ2) is 14.6. The summed E-state index contributed by atoms with van der Waals surface area (Å²) >= 11 is 0. The summed E-state index contributed by atoms with van der Waals surface area (Å²) in [5.74, 6) is 1.43. The largest absolute Gasteiger partial charge is 0.459 e. The van der Waals surface area contributed by atoms with E-state index in [0.29, 0.717) is 23.7 Å². The predicted octanol–water partition coefficient (Wildman–Crippen LogP) is 6.94. The number of aliphatic hydroxyl groups is 4. The van der Waals surface area contributed by atoms with Crippen LogP contribution in [0.15, 0.2) is 0 Å². The average Bonchev–Trinajstić information content (AvgIpc) is 3.80. The molecule has 16 rings (SSSR count). The first-order valence-electron chi connectivity index (χ1n) is 25.2. The zero-order valence-electron chi connectivity index (χ0n) is 40.8. The van der Waals surface area contributed by atoms with Gasteiger partial charge in [-0.1, -0.05) is 83.1 Å². The van der Waals surface area contributed by atoms with Gasteiger partial charge in [0, 0.05) is 32.5 Å². The second-order valence-electron chi connectivity index (χ2n) is 25.9. The van der Waals surface area contributed by atoms with Crippen molar-refractivity contribution in [1.29, 1.82) is 0 Å². The van der Waals surface area contributed by atoms with Crippen molar-refractivity contribution in [3.8, 4) is 0 Å². The monoisotopic (exact) mass is 897 g/mol. The van der Waals surface area contributed by atoms with Crippen molar-refractivity contribution in [2.45, 2.75) is 209 Å². The molecule has 12 saturated carbocycles. The molecule has 16 aliphatic rings. The highest BCUT2D eigenvalue weighted by molar-refractivity contribution is 5.79. The van der Waals surface area contributed by atoms with E-state index >= 15 is 0 Å². The van der Waals surface area contributed by atoms with Gasteiger partial charge in [0.15, 0.2) is 0 Å². The van der Waals surface area contributed by atoms with E-state index in [1.807, 2.05) is 0 Å². The maximum absolute atomic E-state index is 11.9. The Labute approximate surface area is 381 Å². The molecule has 0 aromatic carbocycles. The van der Waals surface area contributed by atoms with Crippen LogP contribution in [0.2, 0.25) is 0 Å². The summed E-state index contributed by atoms with van der Waals surface area (Å²) in [7, 11) is 0. The highest BCUT2D eigenvalue weighted by Gasteiger charge is 2.74. The Morgan fingerprint density at radius 3 is 1.02 bits per heavy atom. The molecule has 16 bridgehead atoms. The fraction of sp³-hybridized carbons (Fsp3) is 0.923. The molecule has 0 amide bonds. The zero-order chi connectivity index (χ0) is 46.9. The van der Waals surface area contributed by atoms with Crippen molar-refractivity contribution < 1.29 is 58.6 Å². The molecule has 12 heteroatoms. The molecule has 12 aliphatic carbocycles. The fourth-order valence-electron chi connectivity index (χ4n) is 17.4. The van der Waals surface area contributed by atoms with Crippen molar-refractivity contribution in [2.75, 3.05) is 0 Å². The third kappa shape index (κ3) is 5.72. The van der Waals surface area contributed by atoms with Gasteiger partial charge < -0.3 is 39.4 Å². The normalized spacial score (nSPS) is 54.6. The second-order valence-corrected chi connectivity index (χ2v) is 25.9. The van der Waals surface area contributed by atoms with Crippen LogP contribution in [0, 0.1) is 90.7 Å². The van der Waals surface area contributed by atoms with Crippen molar-refractivity contribution in [3.63, 3.8) is 0 Å². The average molecular weight is 897 g/mol. The van der Waals surface area contributed by atoms with Gasteiger partial charge in [-0.3, -0.25) is 19.2 Å². The van der Waals surface area contributed by atoms with Crippen LogP contribution in [0.5, 0.6) is 0 Å². The lowest BCUT2D eigenvalue weighted by Gasteiger charge is -2.58. The molecule has 4 saturated heterocycles. The Morgan fingerprint density at radius 1 is 0.391 bits per heavy atom. The third-order valence-electron chi connectivity index (χ3n) is 22.6. The first-order valence-corrected chi connectivity index (χ1v) is 25.2. The fourth-order valence-corrected chi connectivity index (χ4v) is 17.4. The number of esters is 4. The lowest BCUT2D eigenvalue weighted by molar-refractivity contribution is -0.191. The minimum absolute atomic E-state index is 0.0250. The van der Waals surface area contributed by atoms with Gasteiger partial charge in [-0.2, -0.15) is 0 Å². The molecule has 12 nitrogen and oxygen atoms in total. The van der Waals surface area contributed by atoms with E-state index in [4.69, 9.17) is 18.9 Å². The van der Waals surface area contributed by atoms with Gasteiger partial charge in [-0.25, -0.2) is 0 Å².